The average Bonchev–Trinajstić information content (AvgIpc) is 3.52. The largest absolute Gasteiger partial charge is 0.494 e. The van der Waals surface area contributed by atoms with Crippen molar-refractivity contribution in [2.24, 2.45) is 15.2 Å². The van der Waals surface area contributed by atoms with Crippen LogP contribution in [-0.2, 0) is 35.5 Å². The summed E-state index contributed by atoms with van der Waals surface area (Å²) in [5, 5.41) is 16.6. The predicted octanol–water partition coefficient (Wildman–Crippen LogP) is 6.71. The molecule has 1 aliphatic heterocycles. The van der Waals surface area contributed by atoms with E-state index < -0.39 is 29.2 Å². The summed E-state index contributed by atoms with van der Waals surface area (Å²) in [5.74, 6) is -1.25. The van der Waals surface area contributed by atoms with Crippen LogP contribution in [0.25, 0.3) is 20.9 Å². The van der Waals surface area contributed by atoms with E-state index in [9.17, 15) is 13.6 Å². The van der Waals surface area contributed by atoms with Gasteiger partial charge >= 0.3 is 0 Å². The van der Waals surface area contributed by atoms with E-state index in [0.29, 0.717) is 52.2 Å². The molecule has 1 amide bonds. The van der Waals surface area contributed by atoms with Gasteiger partial charge in [0, 0.05) is 47.4 Å². The molecule has 0 aliphatic carbocycles. The Bertz CT molecular complexity index is 1940. The Balaban J connectivity index is 1.57. The molecule has 0 fully saturated rings. The lowest BCUT2D eigenvalue weighted by atomic mass is 9.80. The van der Waals surface area contributed by atoms with E-state index in [1.807, 2.05) is 6.07 Å². The van der Waals surface area contributed by atoms with Gasteiger partial charge in [-0.3, -0.25) is 10.2 Å². The van der Waals surface area contributed by atoms with Crippen molar-refractivity contribution in [1.29, 1.82) is 0 Å². The SMILES string of the molecule is [N-]=[N+]=NCc1ccccc1C[C@]1(C(=O)NNCCc2cc(F)cc(F)c2)N=C(c2ccc(OCCCO)cc2)O[C@H]1c1ccccc1CN=[N+]=[N-]. The monoisotopic (exact) mass is 695 g/mol. The molecule has 1 aliphatic rings. The summed E-state index contributed by atoms with van der Waals surface area (Å²) in [6, 6.07) is 24.5. The van der Waals surface area contributed by atoms with Gasteiger partial charge in [0.1, 0.15) is 17.4 Å². The Morgan fingerprint density at radius 2 is 1.57 bits per heavy atom. The normalized spacial score (nSPS) is 16.3. The Hall–Kier alpha value is -5.98. The van der Waals surface area contributed by atoms with Gasteiger partial charge in [-0.2, -0.15) is 0 Å². The zero-order chi connectivity index (χ0) is 36.1. The molecule has 0 unspecified atom stereocenters. The number of rotatable bonds is 17. The number of nitrogens with zero attached hydrogens (tertiary/aromatic N) is 7. The highest BCUT2D eigenvalue weighted by Gasteiger charge is 2.54. The molecule has 4 aromatic carbocycles. The molecular weight excluding hydrogens is 660 g/mol. The number of hydrazine groups is 1. The number of aliphatic hydroxyl groups excluding tert-OH is 1. The van der Waals surface area contributed by atoms with E-state index in [4.69, 9.17) is 30.6 Å². The van der Waals surface area contributed by atoms with E-state index in [-0.39, 0.29) is 45.0 Å². The van der Waals surface area contributed by atoms with Crippen LogP contribution < -0.4 is 15.6 Å². The first kappa shape index (κ1) is 36.3. The zero-order valence-corrected chi connectivity index (χ0v) is 27.5. The molecule has 0 radical (unpaired) electrons. The molecule has 13 nitrogen and oxygen atoms in total. The van der Waals surface area contributed by atoms with E-state index in [1.165, 1.54) is 12.1 Å². The standard InChI is InChI=1S/C36H35F2N9O4/c37-29-18-24(19-30(38)20-29)14-15-41-45-35(49)36(21-26-6-1-2-7-27(26)22-42-46-39)33(32-9-4-3-8-28(32)23-43-47-40)51-34(44-36)25-10-12-31(13-11-25)50-17-5-16-48/h1-4,6-13,18-20,33,41,48H,5,14-17,21-23H2,(H,45,49)/t33-,36-/m0/s1. The summed E-state index contributed by atoms with van der Waals surface area (Å²) in [4.78, 5) is 25.4. The molecule has 0 spiro atoms. The fourth-order valence-corrected chi connectivity index (χ4v) is 5.80. The topological polar surface area (TPSA) is 190 Å². The minimum absolute atomic E-state index is 0.000375. The number of carbonyl (C=O) groups is 1. The molecular formula is C36H35F2N9O4. The first-order chi connectivity index (χ1) is 24.9. The number of amides is 1. The number of hydrogen-bond acceptors (Lipinski definition) is 8. The van der Waals surface area contributed by atoms with Gasteiger partial charge in [-0.25, -0.2) is 19.2 Å². The van der Waals surface area contributed by atoms with Gasteiger partial charge in [0.2, 0.25) is 5.90 Å². The van der Waals surface area contributed by atoms with Crippen molar-refractivity contribution in [2.45, 2.75) is 44.0 Å². The fraction of sp³-hybridized carbons (Fsp3) is 0.278. The zero-order valence-electron chi connectivity index (χ0n) is 27.5. The van der Waals surface area contributed by atoms with Crippen LogP contribution in [0.15, 0.2) is 106 Å². The van der Waals surface area contributed by atoms with Crippen molar-refractivity contribution >= 4 is 11.8 Å². The first-order valence-corrected chi connectivity index (χ1v) is 16.1. The lowest BCUT2D eigenvalue weighted by Crippen LogP contribution is -2.54. The van der Waals surface area contributed by atoms with Gasteiger partial charge in [0.25, 0.3) is 5.91 Å². The Morgan fingerprint density at radius 3 is 2.25 bits per heavy atom. The second kappa shape index (κ2) is 17.6. The van der Waals surface area contributed by atoms with Crippen LogP contribution in [0, 0.1) is 11.6 Å². The highest BCUT2D eigenvalue weighted by molar-refractivity contribution is 6.01. The Morgan fingerprint density at radius 1 is 0.922 bits per heavy atom. The molecule has 2 atom stereocenters. The third kappa shape index (κ3) is 9.18. The highest BCUT2D eigenvalue weighted by atomic mass is 19.1. The van der Waals surface area contributed by atoms with Crippen LogP contribution in [-0.4, -0.2) is 42.2 Å². The van der Waals surface area contributed by atoms with Gasteiger partial charge in [-0.1, -0.05) is 58.8 Å². The summed E-state index contributed by atoms with van der Waals surface area (Å²) in [7, 11) is 0. The molecule has 5 rings (SSSR count). The fourth-order valence-electron chi connectivity index (χ4n) is 5.80. The van der Waals surface area contributed by atoms with Crippen LogP contribution in [0.3, 0.4) is 0 Å². The minimum atomic E-state index is -1.68. The van der Waals surface area contributed by atoms with Gasteiger partial charge in [-0.15, -0.1) is 0 Å². The second-order valence-electron chi connectivity index (χ2n) is 11.6. The van der Waals surface area contributed by atoms with Crippen LogP contribution in [0.1, 0.15) is 45.9 Å². The molecule has 0 saturated carbocycles. The van der Waals surface area contributed by atoms with Gasteiger partial charge in [-0.05, 0) is 81.7 Å². The number of nitrogens with one attached hydrogen (secondary N) is 2. The maximum atomic E-state index is 14.6. The molecule has 0 bridgehead atoms. The van der Waals surface area contributed by atoms with Gasteiger partial charge in [0.05, 0.1) is 19.7 Å². The summed E-state index contributed by atoms with van der Waals surface area (Å²) in [6.07, 6.45) is -0.364. The lowest BCUT2D eigenvalue weighted by molar-refractivity contribution is -0.130. The van der Waals surface area contributed by atoms with Crippen molar-refractivity contribution < 1.29 is 28.2 Å². The van der Waals surface area contributed by atoms with Crippen LogP contribution in [0.2, 0.25) is 0 Å². The van der Waals surface area contributed by atoms with Crippen LogP contribution >= 0.6 is 0 Å². The Kier molecular flexibility index (Phi) is 12.5. The van der Waals surface area contributed by atoms with Gasteiger partial charge < -0.3 is 14.6 Å². The van der Waals surface area contributed by atoms with E-state index in [0.717, 1.165) is 6.07 Å². The van der Waals surface area contributed by atoms with Crippen LogP contribution in [0.4, 0.5) is 8.78 Å². The molecule has 0 saturated heterocycles. The summed E-state index contributed by atoms with van der Waals surface area (Å²) < 4.78 is 39.9. The minimum Gasteiger partial charge on any atom is -0.494 e. The van der Waals surface area contributed by atoms with Gasteiger partial charge in [0.15, 0.2) is 11.6 Å². The summed E-state index contributed by atoms with van der Waals surface area (Å²) >= 11 is 0. The number of azide groups is 2. The molecule has 262 valence electrons. The number of ether oxygens (including phenoxy) is 2. The second-order valence-corrected chi connectivity index (χ2v) is 11.6. The van der Waals surface area contributed by atoms with Crippen molar-refractivity contribution in [3.8, 4) is 5.75 Å². The molecule has 51 heavy (non-hydrogen) atoms. The molecule has 0 aromatic heterocycles. The number of carbonyl (C=O) groups excluding carboxylic acids is 1. The highest BCUT2D eigenvalue weighted by Crippen LogP contribution is 2.44. The Labute approximate surface area is 292 Å². The molecule has 3 N–H and O–H groups in total. The average molecular weight is 696 g/mol. The maximum Gasteiger partial charge on any atom is 0.266 e. The number of hydrogen-bond donors (Lipinski definition) is 3. The van der Waals surface area contributed by atoms with Crippen molar-refractivity contribution in [1.82, 2.24) is 10.9 Å². The van der Waals surface area contributed by atoms with E-state index in [2.05, 4.69) is 30.9 Å². The third-order valence-corrected chi connectivity index (χ3v) is 8.22. The molecule has 1 heterocycles. The summed E-state index contributed by atoms with van der Waals surface area (Å²) in [6.45, 7) is 0.470. The number of halogens is 2. The maximum absolute atomic E-state index is 14.6. The van der Waals surface area contributed by atoms with Crippen LogP contribution in [0.5, 0.6) is 5.75 Å². The third-order valence-electron chi connectivity index (χ3n) is 8.22. The number of aliphatic imine (C=N–C) groups is 1. The lowest BCUT2D eigenvalue weighted by Gasteiger charge is -2.32. The smallest absolute Gasteiger partial charge is 0.266 e. The van der Waals surface area contributed by atoms with E-state index in [1.54, 1.807) is 66.7 Å². The predicted molar refractivity (Wildman–Crippen MR) is 185 cm³/mol. The van der Waals surface area contributed by atoms with E-state index >= 15 is 0 Å². The quantitative estimate of drug-likeness (QED) is 0.0363. The molecule has 4 aromatic rings. The van der Waals surface area contributed by atoms with Crippen molar-refractivity contribution in [2.75, 3.05) is 19.8 Å². The molecule has 15 heteroatoms. The summed E-state index contributed by atoms with van der Waals surface area (Å²) in [5.41, 5.74) is 25.6. The number of aliphatic hydroxyl groups is 1. The first-order valence-electron chi connectivity index (χ1n) is 16.1. The number of benzene rings is 4. The van der Waals surface area contributed by atoms with Crippen molar-refractivity contribution in [3.05, 3.63) is 157 Å². The van der Waals surface area contributed by atoms with Crippen molar-refractivity contribution in [3.63, 3.8) is 0 Å².